The molecule has 0 unspecified atom stereocenters. The van der Waals surface area contributed by atoms with Gasteiger partial charge in [0.2, 0.25) is 0 Å². The molecule has 3 atom stereocenters. The van der Waals surface area contributed by atoms with Crippen molar-refractivity contribution in [3.05, 3.63) is 35.9 Å². The largest absolute Gasteiger partial charge is 0.391 e. The monoisotopic (exact) mass is 288 g/mol. The second-order valence-electron chi connectivity index (χ2n) is 6.81. The molecule has 1 saturated heterocycles. The maximum Gasteiger partial charge on any atom is 0.0695 e. The average molecular weight is 288 g/mol. The van der Waals surface area contributed by atoms with Crippen LogP contribution in [0.3, 0.4) is 0 Å². The highest BCUT2D eigenvalue weighted by Crippen LogP contribution is 2.39. The van der Waals surface area contributed by atoms with Gasteiger partial charge in [-0.3, -0.25) is 4.90 Å². The smallest absolute Gasteiger partial charge is 0.0695 e. The van der Waals surface area contributed by atoms with Crippen LogP contribution in [0.2, 0.25) is 0 Å². The first-order valence-corrected chi connectivity index (χ1v) is 8.43. The number of benzene rings is 1. The van der Waals surface area contributed by atoms with Crippen LogP contribution in [-0.2, 0) is 5.41 Å². The molecule has 0 radical (unpaired) electrons. The van der Waals surface area contributed by atoms with Gasteiger partial charge < -0.3 is 10.8 Å². The van der Waals surface area contributed by atoms with Crippen molar-refractivity contribution < 1.29 is 5.11 Å². The fourth-order valence-corrected chi connectivity index (χ4v) is 4.26. The van der Waals surface area contributed by atoms with E-state index in [1.807, 2.05) is 0 Å². The van der Waals surface area contributed by atoms with E-state index in [0.29, 0.717) is 12.6 Å². The first-order valence-electron chi connectivity index (χ1n) is 8.43. The van der Waals surface area contributed by atoms with Crippen molar-refractivity contribution >= 4 is 0 Å². The van der Waals surface area contributed by atoms with Crippen molar-refractivity contribution in [1.29, 1.82) is 0 Å². The summed E-state index contributed by atoms with van der Waals surface area (Å²) in [6, 6.07) is 11.0. The van der Waals surface area contributed by atoms with Gasteiger partial charge in [0.05, 0.1) is 6.10 Å². The third-order valence-corrected chi connectivity index (χ3v) is 5.67. The quantitative estimate of drug-likeness (QED) is 0.839. The molecule has 3 nitrogen and oxygen atoms in total. The zero-order chi connectivity index (χ0) is 14.7. The number of hydrogen-bond acceptors (Lipinski definition) is 3. The molecule has 1 aliphatic heterocycles. The molecule has 3 rings (SSSR count). The average Bonchev–Trinajstić information content (AvgIpc) is 3.00. The van der Waals surface area contributed by atoms with Crippen LogP contribution < -0.4 is 5.73 Å². The lowest BCUT2D eigenvalue weighted by Crippen LogP contribution is -2.41. The second kappa shape index (κ2) is 6.47. The molecular formula is C18H28N2O. The van der Waals surface area contributed by atoms with E-state index in [2.05, 4.69) is 35.2 Å². The molecule has 0 amide bonds. The Morgan fingerprint density at radius 2 is 1.76 bits per heavy atom. The summed E-state index contributed by atoms with van der Waals surface area (Å²) in [5.74, 6) is 0. The van der Waals surface area contributed by atoms with E-state index >= 15 is 0 Å². The van der Waals surface area contributed by atoms with Crippen LogP contribution in [0.15, 0.2) is 30.3 Å². The number of likely N-dealkylation sites (tertiary alicyclic amines) is 1. The van der Waals surface area contributed by atoms with E-state index in [-0.39, 0.29) is 11.5 Å². The van der Waals surface area contributed by atoms with Crippen LogP contribution >= 0.6 is 0 Å². The van der Waals surface area contributed by atoms with Gasteiger partial charge in [0.1, 0.15) is 0 Å². The molecule has 0 aromatic heterocycles. The maximum absolute atomic E-state index is 10.6. The highest BCUT2D eigenvalue weighted by atomic mass is 16.3. The van der Waals surface area contributed by atoms with Crippen molar-refractivity contribution in [2.75, 3.05) is 19.6 Å². The van der Waals surface area contributed by atoms with Gasteiger partial charge in [-0.1, -0.05) is 30.3 Å². The first kappa shape index (κ1) is 15.0. The first-order chi connectivity index (χ1) is 10.2. The molecular weight excluding hydrogens is 260 g/mol. The zero-order valence-electron chi connectivity index (χ0n) is 12.9. The lowest BCUT2D eigenvalue weighted by Gasteiger charge is -2.33. The molecule has 3 heteroatoms. The van der Waals surface area contributed by atoms with Gasteiger partial charge in [-0.2, -0.15) is 0 Å². The van der Waals surface area contributed by atoms with Gasteiger partial charge in [-0.15, -0.1) is 0 Å². The highest BCUT2D eigenvalue weighted by Gasteiger charge is 2.39. The van der Waals surface area contributed by atoms with Crippen LogP contribution in [-0.4, -0.2) is 41.8 Å². The Kier molecular flexibility index (Phi) is 4.63. The van der Waals surface area contributed by atoms with Crippen molar-refractivity contribution in [3.63, 3.8) is 0 Å². The summed E-state index contributed by atoms with van der Waals surface area (Å²) in [4.78, 5) is 2.50. The summed E-state index contributed by atoms with van der Waals surface area (Å²) < 4.78 is 0. The minimum atomic E-state index is -0.194. The van der Waals surface area contributed by atoms with Crippen molar-refractivity contribution in [2.24, 2.45) is 5.73 Å². The molecule has 2 aliphatic rings. The molecule has 2 fully saturated rings. The van der Waals surface area contributed by atoms with Gasteiger partial charge >= 0.3 is 0 Å². The van der Waals surface area contributed by atoms with Gasteiger partial charge in [0.15, 0.2) is 0 Å². The summed E-state index contributed by atoms with van der Waals surface area (Å²) in [5.41, 5.74) is 7.59. The Labute approximate surface area is 128 Å². The number of rotatable bonds is 3. The molecule has 3 N–H and O–H groups in total. The summed E-state index contributed by atoms with van der Waals surface area (Å²) in [6.07, 6.45) is 6.39. The number of nitrogens with two attached hydrogens (primary N) is 1. The Bertz CT molecular complexity index is 444. The van der Waals surface area contributed by atoms with Crippen molar-refractivity contribution in [2.45, 2.75) is 56.1 Å². The normalized spacial score (nSPS) is 34.8. The third-order valence-electron chi connectivity index (χ3n) is 5.67. The van der Waals surface area contributed by atoms with Crippen LogP contribution in [0, 0.1) is 0 Å². The summed E-state index contributed by atoms with van der Waals surface area (Å²) >= 11 is 0. The standard InChI is InChI=1S/C18H28N2O/c19-14-18(15-6-2-1-3-7-15)10-8-16(17(21)9-11-18)20-12-4-5-13-20/h1-3,6-7,16-17,21H,4-5,8-14,19H2/t16-,17-,18-/m0/s1. The lowest BCUT2D eigenvalue weighted by molar-refractivity contribution is 0.0569. The zero-order valence-corrected chi connectivity index (χ0v) is 12.9. The van der Waals surface area contributed by atoms with Crippen LogP contribution in [0.25, 0.3) is 0 Å². The number of aliphatic hydroxyl groups is 1. The van der Waals surface area contributed by atoms with Gasteiger partial charge in [0, 0.05) is 18.0 Å². The van der Waals surface area contributed by atoms with Crippen molar-refractivity contribution in [3.8, 4) is 0 Å². The van der Waals surface area contributed by atoms with Crippen LogP contribution in [0.5, 0.6) is 0 Å². The predicted octanol–water partition coefficient (Wildman–Crippen LogP) is 2.28. The maximum atomic E-state index is 10.6. The summed E-state index contributed by atoms with van der Waals surface area (Å²) in [6.45, 7) is 2.99. The highest BCUT2D eigenvalue weighted by molar-refractivity contribution is 5.26. The van der Waals surface area contributed by atoms with Gasteiger partial charge in [0.25, 0.3) is 0 Å². The molecule has 1 aliphatic carbocycles. The minimum absolute atomic E-state index is 0.0523. The Hall–Kier alpha value is -0.900. The molecule has 0 bridgehead atoms. The Morgan fingerprint density at radius 3 is 2.43 bits per heavy atom. The van der Waals surface area contributed by atoms with E-state index in [1.54, 1.807) is 0 Å². The van der Waals surface area contributed by atoms with Gasteiger partial charge in [-0.25, -0.2) is 0 Å². The molecule has 1 saturated carbocycles. The Balaban J connectivity index is 1.79. The van der Waals surface area contributed by atoms with Crippen molar-refractivity contribution in [1.82, 2.24) is 4.90 Å². The second-order valence-corrected chi connectivity index (χ2v) is 6.81. The van der Waals surface area contributed by atoms with E-state index in [0.717, 1.165) is 38.8 Å². The fraction of sp³-hybridized carbons (Fsp3) is 0.667. The predicted molar refractivity (Wildman–Crippen MR) is 86.2 cm³/mol. The molecule has 0 spiro atoms. The van der Waals surface area contributed by atoms with E-state index in [1.165, 1.54) is 18.4 Å². The molecule has 1 heterocycles. The molecule has 21 heavy (non-hydrogen) atoms. The number of hydrogen-bond donors (Lipinski definition) is 2. The van der Waals surface area contributed by atoms with E-state index in [9.17, 15) is 5.11 Å². The summed E-state index contributed by atoms with van der Waals surface area (Å²) in [5, 5.41) is 10.6. The minimum Gasteiger partial charge on any atom is -0.391 e. The van der Waals surface area contributed by atoms with Crippen LogP contribution in [0.1, 0.15) is 44.1 Å². The Morgan fingerprint density at radius 1 is 1.10 bits per heavy atom. The van der Waals surface area contributed by atoms with Gasteiger partial charge in [-0.05, 0) is 57.2 Å². The fourth-order valence-electron chi connectivity index (χ4n) is 4.26. The molecule has 116 valence electrons. The molecule has 1 aromatic carbocycles. The lowest BCUT2D eigenvalue weighted by atomic mass is 9.74. The summed E-state index contributed by atoms with van der Waals surface area (Å²) in [7, 11) is 0. The number of aliphatic hydroxyl groups excluding tert-OH is 1. The SMILES string of the molecule is NC[C@@]1(c2ccccc2)CC[C@H](O)[C@@H](N2CCCC2)CC1. The topological polar surface area (TPSA) is 49.5 Å². The number of nitrogens with zero attached hydrogens (tertiary/aromatic N) is 1. The third kappa shape index (κ3) is 3.01. The van der Waals surface area contributed by atoms with E-state index in [4.69, 9.17) is 5.73 Å². The van der Waals surface area contributed by atoms with Crippen LogP contribution in [0.4, 0.5) is 0 Å². The van der Waals surface area contributed by atoms with E-state index < -0.39 is 0 Å². The molecule has 1 aromatic rings.